The van der Waals surface area contributed by atoms with Crippen molar-refractivity contribution in [2.75, 3.05) is 0 Å². The fraction of sp³-hybridized carbons (Fsp3) is 0.122. The molecule has 0 saturated heterocycles. The summed E-state index contributed by atoms with van der Waals surface area (Å²) in [6.45, 7) is 13.3. The van der Waals surface area contributed by atoms with E-state index in [2.05, 4.69) is 167 Å². The highest BCUT2D eigenvalue weighted by Gasteiger charge is 2.24. The summed E-state index contributed by atoms with van der Waals surface area (Å²) in [5.74, 6) is 0. The Balaban J connectivity index is 1.13. The zero-order chi connectivity index (χ0) is 34.2. The minimum Gasteiger partial charge on any atom is -0.247 e. The lowest BCUT2D eigenvalue weighted by Crippen LogP contribution is -2.08. The molecule has 0 spiro atoms. The summed E-state index contributed by atoms with van der Waals surface area (Å²) < 4.78 is 0. The number of allylic oxidation sites excluding steroid dienone is 8. The summed E-state index contributed by atoms with van der Waals surface area (Å²) in [6, 6.07) is 35.1. The molecule has 242 valence electrons. The summed E-state index contributed by atoms with van der Waals surface area (Å²) >= 11 is 0. The molecule has 1 heteroatoms. The van der Waals surface area contributed by atoms with Gasteiger partial charge in [0.2, 0.25) is 0 Å². The Hall–Kier alpha value is -5.79. The van der Waals surface area contributed by atoms with Crippen molar-refractivity contribution in [2.24, 2.45) is 0 Å². The predicted molar refractivity (Wildman–Crippen MR) is 216 cm³/mol. The van der Waals surface area contributed by atoms with Crippen molar-refractivity contribution in [3.63, 3.8) is 0 Å². The Labute approximate surface area is 296 Å². The van der Waals surface area contributed by atoms with Crippen molar-refractivity contribution in [3.8, 4) is 22.4 Å². The number of pyridine rings is 1. The summed E-state index contributed by atoms with van der Waals surface area (Å²) in [5.41, 5.74) is 18.2. The van der Waals surface area contributed by atoms with E-state index in [1.165, 1.54) is 71.8 Å². The van der Waals surface area contributed by atoms with Crippen molar-refractivity contribution in [1.82, 2.24) is 4.98 Å². The third kappa shape index (κ3) is 5.69. The summed E-state index contributed by atoms with van der Waals surface area (Å²) in [7, 11) is 0. The van der Waals surface area contributed by atoms with Crippen LogP contribution in [0.1, 0.15) is 51.8 Å². The Morgan fingerprint density at radius 2 is 1.32 bits per heavy atom. The van der Waals surface area contributed by atoms with Gasteiger partial charge >= 0.3 is 0 Å². The van der Waals surface area contributed by atoms with Crippen LogP contribution in [0.3, 0.4) is 0 Å². The quantitative estimate of drug-likeness (QED) is 0.158. The zero-order valence-electron chi connectivity index (χ0n) is 29.0. The van der Waals surface area contributed by atoms with E-state index in [0.29, 0.717) is 0 Å². The molecule has 6 aromatic rings. The first-order chi connectivity index (χ1) is 24.5. The maximum atomic E-state index is 5.35. The van der Waals surface area contributed by atoms with Gasteiger partial charge in [-0.1, -0.05) is 147 Å². The fourth-order valence-corrected chi connectivity index (χ4v) is 7.72. The van der Waals surface area contributed by atoms with Gasteiger partial charge in [0, 0.05) is 10.9 Å². The smallest absolute Gasteiger partial charge is 0.0754 e. The third-order valence-corrected chi connectivity index (χ3v) is 10.7. The molecule has 2 aliphatic rings. The van der Waals surface area contributed by atoms with Gasteiger partial charge in [-0.3, -0.25) is 0 Å². The summed E-state index contributed by atoms with van der Waals surface area (Å²) in [5, 5.41) is 3.62. The van der Waals surface area contributed by atoms with Crippen molar-refractivity contribution in [2.45, 2.75) is 39.5 Å². The number of aryl methyl sites for hydroxylation is 1. The number of nitrogens with zero attached hydrogens (tertiary/aromatic N) is 1. The molecule has 0 atom stereocenters. The first-order valence-electron chi connectivity index (χ1n) is 17.7. The van der Waals surface area contributed by atoms with Crippen molar-refractivity contribution in [1.29, 1.82) is 0 Å². The fourth-order valence-electron chi connectivity index (χ4n) is 7.72. The van der Waals surface area contributed by atoms with E-state index in [4.69, 9.17) is 4.98 Å². The zero-order valence-corrected chi connectivity index (χ0v) is 29.0. The summed E-state index contributed by atoms with van der Waals surface area (Å²) in [4.78, 5) is 5.35. The van der Waals surface area contributed by atoms with E-state index in [1.54, 1.807) is 0 Å². The van der Waals surface area contributed by atoms with Crippen molar-refractivity contribution in [3.05, 3.63) is 191 Å². The Morgan fingerprint density at radius 3 is 2.08 bits per heavy atom. The molecule has 0 aliphatic heterocycles. The third-order valence-electron chi connectivity index (χ3n) is 10.7. The molecule has 1 aromatic heterocycles. The lowest BCUT2D eigenvalue weighted by molar-refractivity contribution is 0.940. The van der Waals surface area contributed by atoms with Gasteiger partial charge in [0.05, 0.1) is 11.2 Å². The van der Waals surface area contributed by atoms with E-state index >= 15 is 0 Å². The van der Waals surface area contributed by atoms with Crippen LogP contribution in [0.4, 0.5) is 0 Å². The van der Waals surface area contributed by atoms with Crippen LogP contribution in [-0.2, 0) is 12.8 Å². The molecule has 5 aromatic carbocycles. The van der Waals surface area contributed by atoms with Crippen LogP contribution < -0.4 is 0 Å². The number of rotatable bonds is 7. The normalized spacial score (nSPS) is 13.9. The molecular weight excluding hydrogens is 603 g/mol. The Morgan fingerprint density at radius 1 is 0.640 bits per heavy atom. The summed E-state index contributed by atoms with van der Waals surface area (Å²) in [6.07, 6.45) is 19.4. The van der Waals surface area contributed by atoms with Gasteiger partial charge in [0.15, 0.2) is 0 Å². The highest BCUT2D eigenvalue weighted by Crippen LogP contribution is 2.44. The van der Waals surface area contributed by atoms with Gasteiger partial charge in [-0.25, -0.2) is 4.98 Å². The second-order valence-electron chi connectivity index (χ2n) is 13.6. The SMILES string of the molecule is C=C(/C=C\c1ccc(/C=C\C(=C)c2ccc(-c3nc4ccccc4c4c3CCc3ccccc3-4)c3ccccc23)c(C)c1C)C1=CC=CCC1. The molecule has 0 N–H and O–H groups in total. The maximum absolute atomic E-state index is 5.35. The Bertz CT molecular complexity index is 2480. The minimum absolute atomic E-state index is 0.975. The molecule has 0 unspecified atom stereocenters. The second-order valence-corrected chi connectivity index (χ2v) is 13.6. The number of para-hydroxylation sites is 1. The largest absolute Gasteiger partial charge is 0.247 e. The number of hydrogen-bond acceptors (Lipinski definition) is 1. The first kappa shape index (κ1) is 31.5. The highest BCUT2D eigenvalue weighted by atomic mass is 14.7. The van der Waals surface area contributed by atoms with Gasteiger partial charge in [0.25, 0.3) is 0 Å². The molecule has 8 rings (SSSR count). The standard InChI is InChI=1S/C49H41N/c1-32(36-14-6-5-7-15-36)22-24-37-26-27-38(35(4)34(37)3)25-23-33(2)40-30-31-44(43-19-11-10-18-42(40)43)49-46-29-28-39-16-8-9-17-41(39)48(46)45-20-12-13-21-47(45)50-49/h5-6,8-14,16-27,30-31H,1-2,7,15,28-29H2,3-4H3/b24-22-,25-23-. The van der Waals surface area contributed by atoms with Crippen LogP contribution in [0.25, 0.3) is 61.8 Å². The van der Waals surface area contributed by atoms with Crippen LogP contribution in [0.15, 0.2) is 152 Å². The second kappa shape index (κ2) is 13.3. The van der Waals surface area contributed by atoms with Crippen LogP contribution >= 0.6 is 0 Å². The van der Waals surface area contributed by atoms with Gasteiger partial charge in [-0.05, 0) is 123 Å². The number of benzene rings is 5. The minimum atomic E-state index is 0.975. The number of aromatic nitrogens is 1. The van der Waals surface area contributed by atoms with Gasteiger partial charge in [-0.15, -0.1) is 0 Å². The maximum Gasteiger partial charge on any atom is 0.0754 e. The first-order valence-corrected chi connectivity index (χ1v) is 17.7. The average Bonchev–Trinajstić information content (AvgIpc) is 3.17. The van der Waals surface area contributed by atoms with E-state index in [9.17, 15) is 0 Å². The monoisotopic (exact) mass is 643 g/mol. The van der Waals surface area contributed by atoms with Crippen molar-refractivity contribution >= 4 is 39.4 Å². The molecule has 0 amide bonds. The number of fused-ring (bicyclic) bond motifs is 6. The molecule has 2 aliphatic carbocycles. The lowest BCUT2D eigenvalue weighted by Gasteiger charge is -2.25. The highest BCUT2D eigenvalue weighted by molar-refractivity contribution is 6.07. The molecular formula is C49H41N. The predicted octanol–water partition coefficient (Wildman–Crippen LogP) is 13.0. The molecule has 1 nitrogen and oxygen atoms in total. The van der Waals surface area contributed by atoms with Crippen molar-refractivity contribution < 1.29 is 0 Å². The van der Waals surface area contributed by atoms with Gasteiger partial charge in [0.1, 0.15) is 0 Å². The lowest BCUT2D eigenvalue weighted by atomic mass is 9.81. The van der Waals surface area contributed by atoms with Crippen LogP contribution in [-0.4, -0.2) is 4.98 Å². The Kier molecular flexibility index (Phi) is 8.34. The van der Waals surface area contributed by atoms with E-state index in [0.717, 1.165) is 53.6 Å². The molecule has 0 fully saturated rings. The van der Waals surface area contributed by atoms with E-state index in [-0.39, 0.29) is 0 Å². The topological polar surface area (TPSA) is 12.9 Å². The molecule has 0 saturated carbocycles. The van der Waals surface area contributed by atoms with Gasteiger partial charge < -0.3 is 0 Å². The molecule has 0 bridgehead atoms. The van der Waals surface area contributed by atoms with Crippen LogP contribution in [0, 0.1) is 13.8 Å². The number of hydrogen-bond donors (Lipinski definition) is 0. The van der Waals surface area contributed by atoms with Crippen LogP contribution in [0.2, 0.25) is 0 Å². The van der Waals surface area contributed by atoms with Crippen LogP contribution in [0.5, 0.6) is 0 Å². The average molecular weight is 644 g/mol. The molecule has 1 heterocycles. The molecule has 50 heavy (non-hydrogen) atoms. The molecule has 0 radical (unpaired) electrons. The van der Waals surface area contributed by atoms with E-state index < -0.39 is 0 Å². The van der Waals surface area contributed by atoms with Gasteiger partial charge in [-0.2, -0.15) is 0 Å². The van der Waals surface area contributed by atoms with E-state index in [1.807, 2.05) is 0 Å².